The number of carbonyl (C=O) groups is 1. The van der Waals surface area contributed by atoms with E-state index in [2.05, 4.69) is 47.5 Å². The van der Waals surface area contributed by atoms with E-state index in [0.29, 0.717) is 17.2 Å². The molecule has 1 fully saturated rings. The summed E-state index contributed by atoms with van der Waals surface area (Å²) in [6, 6.07) is 15.3. The number of anilines is 5. The lowest BCUT2D eigenvalue weighted by atomic mass is 10.2. The summed E-state index contributed by atoms with van der Waals surface area (Å²) in [6.45, 7) is 5.41. The Labute approximate surface area is 205 Å². The van der Waals surface area contributed by atoms with Gasteiger partial charge in [-0.05, 0) is 36.8 Å². The average molecular weight is 471 g/mol. The standard InChI is InChI=1S/C26H30N8O/c35-26(33-23-18-29-13-10-24(23)34-16-14-28-15-17-34)22-6-3-7-25(32-22)31-21-5-2-1-4-20(21)30-19-8-11-27-12-9-19/h1-8,10,13,18,27-28,30H,9,11-12,14-17H2,(H,31,32)(H,33,35). The second-order valence-corrected chi connectivity index (χ2v) is 8.47. The highest BCUT2D eigenvalue weighted by Crippen LogP contribution is 2.28. The van der Waals surface area contributed by atoms with Gasteiger partial charge in [0.2, 0.25) is 0 Å². The molecule has 0 aliphatic carbocycles. The molecule has 9 heteroatoms. The number of nitrogens with zero attached hydrogens (tertiary/aromatic N) is 3. The highest BCUT2D eigenvalue weighted by atomic mass is 16.1. The molecular formula is C26H30N8O. The zero-order valence-corrected chi connectivity index (χ0v) is 19.6. The fraction of sp³-hybridized carbons (Fsp3) is 0.269. The lowest BCUT2D eigenvalue weighted by Gasteiger charge is -2.30. The summed E-state index contributed by atoms with van der Waals surface area (Å²) >= 11 is 0. The van der Waals surface area contributed by atoms with Gasteiger partial charge in [0.1, 0.15) is 11.5 Å². The van der Waals surface area contributed by atoms with Gasteiger partial charge in [-0.25, -0.2) is 4.98 Å². The molecule has 2 aliphatic rings. The van der Waals surface area contributed by atoms with Crippen molar-refractivity contribution in [3.63, 3.8) is 0 Å². The number of carbonyl (C=O) groups excluding carboxylic acids is 1. The van der Waals surface area contributed by atoms with Crippen LogP contribution in [0.4, 0.5) is 28.6 Å². The SMILES string of the molecule is O=C(Nc1cnccc1N1CCNCC1)c1cccc(Nc2ccccc2NC2=CCNCC2)n1. The third-order valence-corrected chi connectivity index (χ3v) is 6.03. The molecule has 0 spiro atoms. The fourth-order valence-corrected chi connectivity index (χ4v) is 4.23. The van der Waals surface area contributed by atoms with Crippen LogP contribution in [0.5, 0.6) is 0 Å². The van der Waals surface area contributed by atoms with Gasteiger partial charge in [0.15, 0.2) is 0 Å². The van der Waals surface area contributed by atoms with Crippen LogP contribution in [0.1, 0.15) is 16.9 Å². The van der Waals surface area contributed by atoms with Crippen LogP contribution in [0, 0.1) is 0 Å². The molecule has 1 aromatic carbocycles. The van der Waals surface area contributed by atoms with Crippen molar-refractivity contribution in [3.05, 3.63) is 78.4 Å². The van der Waals surface area contributed by atoms with Crippen molar-refractivity contribution in [2.45, 2.75) is 6.42 Å². The van der Waals surface area contributed by atoms with E-state index in [1.807, 2.05) is 42.5 Å². The van der Waals surface area contributed by atoms with Gasteiger partial charge in [0, 0.05) is 51.2 Å². The molecule has 0 unspecified atom stereocenters. The second kappa shape index (κ2) is 11.0. The Balaban J connectivity index is 1.31. The summed E-state index contributed by atoms with van der Waals surface area (Å²) in [4.78, 5) is 24.1. The molecule has 0 radical (unpaired) electrons. The Morgan fingerprint density at radius 2 is 1.71 bits per heavy atom. The Morgan fingerprint density at radius 3 is 2.51 bits per heavy atom. The molecule has 0 bridgehead atoms. The summed E-state index contributed by atoms with van der Waals surface area (Å²) in [5, 5.41) is 16.5. The van der Waals surface area contributed by atoms with Crippen LogP contribution < -0.4 is 31.5 Å². The van der Waals surface area contributed by atoms with E-state index in [4.69, 9.17) is 0 Å². The molecule has 4 heterocycles. The molecule has 5 N–H and O–H groups in total. The molecule has 0 atom stereocenters. The number of nitrogens with one attached hydrogen (secondary N) is 5. The molecule has 1 amide bonds. The Bertz CT molecular complexity index is 1210. The molecule has 35 heavy (non-hydrogen) atoms. The molecule has 3 aromatic rings. The summed E-state index contributed by atoms with van der Waals surface area (Å²) in [5.41, 5.74) is 5.03. The Kier molecular flexibility index (Phi) is 7.16. The summed E-state index contributed by atoms with van der Waals surface area (Å²) in [6.07, 6.45) is 6.55. The van der Waals surface area contributed by atoms with Crippen molar-refractivity contribution >= 4 is 34.5 Å². The van der Waals surface area contributed by atoms with Crippen molar-refractivity contribution in [2.75, 3.05) is 60.1 Å². The van der Waals surface area contributed by atoms with Gasteiger partial charge in [-0.15, -0.1) is 0 Å². The number of pyridine rings is 2. The smallest absolute Gasteiger partial charge is 0.274 e. The van der Waals surface area contributed by atoms with Crippen molar-refractivity contribution < 1.29 is 4.79 Å². The number of amides is 1. The van der Waals surface area contributed by atoms with Gasteiger partial charge in [0.25, 0.3) is 5.91 Å². The van der Waals surface area contributed by atoms with E-state index in [9.17, 15) is 4.79 Å². The minimum absolute atomic E-state index is 0.274. The van der Waals surface area contributed by atoms with Crippen molar-refractivity contribution in [1.29, 1.82) is 0 Å². The molecule has 2 aromatic heterocycles. The van der Waals surface area contributed by atoms with E-state index in [-0.39, 0.29) is 5.91 Å². The fourth-order valence-electron chi connectivity index (χ4n) is 4.23. The normalized spacial score (nSPS) is 15.8. The van der Waals surface area contributed by atoms with Crippen LogP contribution in [-0.4, -0.2) is 55.1 Å². The first-order valence-electron chi connectivity index (χ1n) is 12.0. The summed E-state index contributed by atoms with van der Waals surface area (Å²) < 4.78 is 0. The van der Waals surface area contributed by atoms with Crippen LogP contribution in [-0.2, 0) is 0 Å². The van der Waals surface area contributed by atoms with Crippen LogP contribution in [0.3, 0.4) is 0 Å². The maximum Gasteiger partial charge on any atom is 0.274 e. The van der Waals surface area contributed by atoms with Crippen molar-refractivity contribution in [3.8, 4) is 0 Å². The molecular weight excluding hydrogens is 440 g/mol. The third-order valence-electron chi connectivity index (χ3n) is 6.03. The van der Waals surface area contributed by atoms with Gasteiger partial charge >= 0.3 is 0 Å². The zero-order valence-electron chi connectivity index (χ0n) is 19.6. The second-order valence-electron chi connectivity index (χ2n) is 8.47. The monoisotopic (exact) mass is 470 g/mol. The number of para-hydroxylation sites is 2. The van der Waals surface area contributed by atoms with E-state index in [0.717, 1.165) is 62.8 Å². The number of rotatable bonds is 7. The van der Waals surface area contributed by atoms with Gasteiger partial charge < -0.3 is 31.5 Å². The van der Waals surface area contributed by atoms with Crippen LogP contribution in [0.15, 0.2) is 72.7 Å². The first-order valence-corrected chi connectivity index (χ1v) is 12.0. The topological polar surface area (TPSA) is 106 Å². The van der Waals surface area contributed by atoms with E-state index in [1.54, 1.807) is 18.5 Å². The van der Waals surface area contributed by atoms with Crippen molar-refractivity contribution in [1.82, 2.24) is 20.6 Å². The number of hydrogen-bond acceptors (Lipinski definition) is 8. The van der Waals surface area contributed by atoms with Crippen LogP contribution in [0.25, 0.3) is 0 Å². The van der Waals surface area contributed by atoms with Gasteiger partial charge in [-0.3, -0.25) is 9.78 Å². The largest absolute Gasteiger partial charge is 0.367 e. The van der Waals surface area contributed by atoms with Gasteiger partial charge in [0.05, 0.1) is 28.9 Å². The first-order chi connectivity index (χ1) is 17.3. The Hall–Kier alpha value is -3.95. The molecule has 0 saturated carbocycles. The van der Waals surface area contributed by atoms with Gasteiger partial charge in [-0.2, -0.15) is 0 Å². The molecule has 2 aliphatic heterocycles. The van der Waals surface area contributed by atoms with E-state index >= 15 is 0 Å². The highest BCUT2D eigenvalue weighted by molar-refractivity contribution is 6.04. The zero-order chi connectivity index (χ0) is 23.9. The molecule has 1 saturated heterocycles. The van der Waals surface area contributed by atoms with Crippen molar-refractivity contribution in [2.24, 2.45) is 0 Å². The van der Waals surface area contributed by atoms with Gasteiger partial charge in [-0.1, -0.05) is 24.3 Å². The predicted molar refractivity (Wildman–Crippen MR) is 140 cm³/mol. The maximum absolute atomic E-state index is 13.1. The Morgan fingerprint density at radius 1 is 0.886 bits per heavy atom. The quantitative estimate of drug-likeness (QED) is 0.359. The number of benzene rings is 1. The molecule has 5 rings (SSSR count). The summed E-state index contributed by atoms with van der Waals surface area (Å²) in [7, 11) is 0. The third kappa shape index (κ3) is 5.76. The number of hydrogen-bond donors (Lipinski definition) is 5. The minimum Gasteiger partial charge on any atom is -0.367 e. The average Bonchev–Trinajstić information content (AvgIpc) is 2.91. The molecule has 180 valence electrons. The maximum atomic E-state index is 13.1. The lowest BCUT2D eigenvalue weighted by Crippen LogP contribution is -2.43. The highest BCUT2D eigenvalue weighted by Gasteiger charge is 2.17. The summed E-state index contributed by atoms with van der Waals surface area (Å²) in [5.74, 6) is 0.323. The van der Waals surface area contributed by atoms with Crippen LogP contribution in [0.2, 0.25) is 0 Å². The minimum atomic E-state index is -0.274. The van der Waals surface area contributed by atoms with E-state index in [1.165, 1.54) is 5.70 Å². The molecule has 9 nitrogen and oxygen atoms in total. The number of piperazine rings is 1. The predicted octanol–water partition coefficient (Wildman–Crippen LogP) is 3.17. The lowest BCUT2D eigenvalue weighted by molar-refractivity contribution is 0.102. The van der Waals surface area contributed by atoms with E-state index < -0.39 is 0 Å². The first kappa shape index (κ1) is 22.8. The number of aromatic nitrogens is 2. The van der Waals surface area contributed by atoms with Crippen LogP contribution >= 0.6 is 0 Å².